The molecular weight excluding hydrogens is 136 g/mol. The van der Waals surface area contributed by atoms with E-state index in [4.69, 9.17) is 0 Å². The molecule has 1 unspecified atom stereocenters. The fraction of sp³-hybridized carbons (Fsp3) is 0.800. The summed E-state index contributed by atoms with van der Waals surface area (Å²) in [6.07, 6.45) is 1.95. The van der Waals surface area contributed by atoms with Crippen molar-refractivity contribution in [3.05, 3.63) is 0 Å². The first-order valence-electron chi connectivity index (χ1n) is 2.88. The maximum atomic E-state index is 10.1. The second kappa shape index (κ2) is 3.87. The minimum absolute atomic E-state index is 0.0139. The van der Waals surface area contributed by atoms with Gasteiger partial charge in [-0.25, -0.2) is 0 Å². The van der Waals surface area contributed by atoms with Crippen LogP contribution in [0, 0.1) is 0 Å². The van der Waals surface area contributed by atoms with Crippen LogP contribution in [0.2, 0.25) is 0 Å². The highest BCUT2D eigenvalue weighted by molar-refractivity contribution is 8.00. The van der Waals surface area contributed by atoms with Gasteiger partial charge in [-0.15, -0.1) is 11.8 Å². The molecule has 0 spiro atoms. The lowest BCUT2D eigenvalue weighted by Gasteiger charge is -2.01. The highest BCUT2D eigenvalue weighted by atomic mass is 32.2. The molecule has 4 heteroatoms. The first kappa shape index (κ1) is 7.05. The number of rotatable bonds is 1. The van der Waals surface area contributed by atoms with E-state index in [0.717, 1.165) is 12.3 Å². The van der Waals surface area contributed by atoms with E-state index in [1.54, 1.807) is 11.8 Å². The molecule has 0 aromatic rings. The number of carbonyl (C=O) groups excluding carboxylic acids is 1. The lowest BCUT2D eigenvalue weighted by molar-refractivity contribution is 0.537. The molecule has 0 bridgehead atoms. The van der Waals surface area contributed by atoms with E-state index in [1.807, 2.05) is 6.29 Å². The molecule has 1 radical (unpaired) electrons. The monoisotopic (exact) mass is 145 g/mol. The fourth-order valence-electron chi connectivity index (χ4n) is 0.640. The van der Waals surface area contributed by atoms with E-state index in [0.29, 0.717) is 6.54 Å². The molecule has 1 fully saturated rings. The average Bonchev–Trinajstić information content (AvgIpc) is 2.13. The van der Waals surface area contributed by atoms with Crippen molar-refractivity contribution in [1.29, 1.82) is 0 Å². The zero-order valence-electron chi connectivity index (χ0n) is 5.02. The van der Waals surface area contributed by atoms with E-state index in [1.165, 1.54) is 0 Å². The molecule has 0 aromatic carbocycles. The number of thioether (sulfide) groups is 1. The van der Waals surface area contributed by atoms with Crippen molar-refractivity contribution < 1.29 is 4.79 Å². The van der Waals surface area contributed by atoms with Crippen molar-refractivity contribution in [2.75, 3.05) is 18.8 Å². The third kappa shape index (κ3) is 2.34. The van der Waals surface area contributed by atoms with Crippen molar-refractivity contribution in [1.82, 2.24) is 10.9 Å². The van der Waals surface area contributed by atoms with Gasteiger partial charge in [0.25, 0.3) is 0 Å². The van der Waals surface area contributed by atoms with Crippen LogP contribution in [0.4, 0.5) is 0 Å². The Kier molecular flexibility index (Phi) is 3.03. The molecule has 0 aromatic heterocycles. The first-order valence-corrected chi connectivity index (χ1v) is 3.93. The van der Waals surface area contributed by atoms with E-state index in [9.17, 15) is 4.79 Å². The quantitative estimate of drug-likeness (QED) is 0.512. The highest BCUT2D eigenvalue weighted by Crippen LogP contribution is 2.07. The summed E-state index contributed by atoms with van der Waals surface area (Å²) in [6.45, 7) is 1.61. The van der Waals surface area contributed by atoms with Gasteiger partial charge >= 0.3 is 0 Å². The van der Waals surface area contributed by atoms with Crippen LogP contribution in [0.5, 0.6) is 0 Å². The molecule has 1 rings (SSSR count). The Balaban J connectivity index is 2.26. The lowest BCUT2D eigenvalue weighted by Crippen LogP contribution is -2.34. The summed E-state index contributed by atoms with van der Waals surface area (Å²) in [4.78, 5) is 10.1. The van der Waals surface area contributed by atoms with Crippen LogP contribution >= 0.6 is 11.8 Å². The summed E-state index contributed by atoms with van der Waals surface area (Å²) in [7, 11) is 0. The van der Waals surface area contributed by atoms with Gasteiger partial charge in [0, 0.05) is 18.8 Å². The summed E-state index contributed by atoms with van der Waals surface area (Å²) in [5.74, 6) is 0.979. The molecule has 9 heavy (non-hydrogen) atoms. The van der Waals surface area contributed by atoms with Gasteiger partial charge in [0.2, 0.25) is 6.29 Å². The van der Waals surface area contributed by atoms with Crippen LogP contribution in [0.15, 0.2) is 0 Å². The SMILES string of the molecule is O=[C]C1CNNCCS1. The average molecular weight is 145 g/mol. The van der Waals surface area contributed by atoms with Crippen molar-refractivity contribution in [3.63, 3.8) is 0 Å². The Hall–Kier alpha value is -0.0600. The summed E-state index contributed by atoms with van der Waals surface area (Å²) < 4.78 is 0. The highest BCUT2D eigenvalue weighted by Gasteiger charge is 2.10. The molecule has 1 aliphatic heterocycles. The van der Waals surface area contributed by atoms with E-state index in [2.05, 4.69) is 10.9 Å². The summed E-state index contributed by atoms with van der Waals surface area (Å²) in [6, 6.07) is 0. The Morgan fingerprint density at radius 2 is 2.44 bits per heavy atom. The van der Waals surface area contributed by atoms with Crippen LogP contribution in [0.25, 0.3) is 0 Å². The Morgan fingerprint density at radius 3 is 3.22 bits per heavy atom. The minimum atomic E-state index is 0.0139. The molecule has 51 valence electrons. The zero-order valence-corrected chi connectivity index (χ0v) is 5.83. The smallest absolute Gasteiger partial charge is 0.213 e. The maximum Gasteiger partial charge on any atom is 0.213 e. The van der Waals surface area contributed by atoms with Gasteiger partial charge in [0.1, 0.15) is 0 Å². The molecule has 0 saturated carbocycles. The second-order valence-corrected chi connectivity index (χ2v) is 3.10. The van der Waals surface area contributed by atoms with E-state index in [-0.39, 0.29) is 5.25 Å². The predicted octanol–water partition coefficient (Wildman–Crippen LogP) is -0.694. The van der Waals surface area contributed by atoms with Gasteiger partial charge in [-0.05, 0) is 0 Å². The summed E-state index contributed by atoms with van der Waals surface area (Å²) in [5.41, 5.74) is 5.88. The van der Waals surface area contributed by atoms with E-state index >= 15 is 0 Å². The fourth-order valence-corrected chi connectivity index (χ4v) is 1.41. The molecule has 0 aliphatic carbocycles. The molecule has 1 atom stereocenters. The van der Waals surface area contributed by atoms with E-state index < -0.39 is 0 Å². The minimum Gasteiger partial charge on any atom is -0.290 e. The van der Waals surface area contributed by atoms with Crippen molar-refractivity contribution in [3.8, 4) is 0 Å². The molecule has 1 saturated heterocycles. The number of hydrogen-bond acceptors (Lipinski definition) is 4. The van der Waals surface area contributed by atoms with Gasteiger partial charge in [-0.2, -0.15) is 0 Å². The Morgan fingerprint density at radius 1 is 1.56 bits per heavy atom. The van der Waals surface area contributed by atoms with Gasteiger partial charge < -0.3 is 0 Å². The van der Waals surface area contributed by atoms with Crippen molar-refractivity contribution in [2.24, 2.45) is 0 Å². The van der Waals surface area contributed by atoms with Crippen LogP contribution in [0.1, 0.15) is 0 Å². The predicted molar refractivity (Wildman–Crippen MR) is 37.9 cm³/mol. The Bertz CT molecular complexity index is 91.0. The first-order chi connectivity index (χ1) is 4.43. The van der Waals surface area contributed by atoms with Gasteiger partial charge in [0.05, 0.1) is 5.25 Å². The summed E-state index contributed by atoms with van der Waals surface area (Å²) in [5, 5.41) is 0.0139. The lowest BCUT2D eigenvalue weighted by atomic mass is 10.5. The topological polar surface area (TPSA) is 41.1 Å². The third-order valence-corrected chi connectivity index (χ3v) is 2.20. The van der Waals surface area contributed by atoms with Crippen molar-refractivity contribution >= 4 is 18.0 Å². The maximum absolute atomic E-state index is 10.1. The standard InChI is InChI=1S/C5H9N2OS/c8-4-5-3-7-6-1-2-9-5/h5-7H,1-3H2. The third-order valence-electron chi connectivity index (χ3n) is 1.09. The van der Waals surface area contributed by atoms with Crippen LogP contribution < -0.4 is 10.9 Å². The molecular formula is C5H9N2OS. The second-order valence-electron chi connectivity index (χ2n) is 1.78. The molecule has 3 nitrogen and oxygen atoms in total. The number of hydrogen-bond donors (Lipinski definition) is 2. The van der Waals surface area contributed by atoms with Gasteiger partial charge in [0.15, 0.2) is 0 Å². The summed E-state index contributed by atoms with van der Waals surface area (Å²) >= 11 is 1.64. The number of nitrogens with one attached hydrogen (secondary N) is 2. The van der Waals surface area contributed by atoms with Crippen LogP contribution in [-0.2, 0) is 4.79 Å². The molecule has 1 heterocycles. The normalized spacial score (nSPS) is 29.1. The largest absolute Gasteiger partial charge is 0.290 e. The van der Waals surface area contributed by atoms with Crippen LogP contribution in [0.3, 0.4) is 0 Å². The Labute approximate surface area is 58.5 Å². The molecule has 2 N–H and O–H groups in total. The zero-order chi connectivity index (χ0) is 6.53. The molecule has 1 aliphatic rings. The molecule has 0 amide bonds. The van der Waals surface area contributed by atoms with Crippen LogP contribution in [-0.4, -0.2) is 30.4 Å². The van der Waals surface area contributed by atoms with Crippen molar-refractivity contribution in [2.45, 2.75) is 5.25 Å². The van der Waals surface area contributed by atoms with Gasteiger partial charge in [-0.1, -0.05) is 0 Å². The number of hydrazine groups is 1. The van der Waals surface area contributed by atoms with Gasteiger partial charge in [-0.3, -0.25) is 15.6 Å².